The van der Waals surface area contributed by atoms with Crippen LogP contribution in [0.1, 0.15) is 22.9 Å². The van der Waals surface area contributed by atoms with E-state index in [9.17, 15) is 0 Å². The van der Waals surface area contributed by atoms with Gasteiger partial charge >= 0.3 is 0 Å². The molecular formula is C13H8ClN5O2. The number of halogens is 1. The molecule has 8 heteroatoms. The van der Waals surface area contributed by atoms with Gasteiger partial charge in [-0.2, -0.15) is 10.2 Å². The molecule has 0 aliphatic carbocycles. The van der Waals surface area contributed by atoms with Crippen LogP contribution in [-0.4, -0.2) is 20.3 Å². The van der Waals surface area contributed by atoms with Crippen molar-refractivity contribution in [1.82, 2.24) is 20.3 Å². The molecule has 0 aromatic carbocycles. The van der Waals surface area contributed by atoms with Gasteiger partial charge in [-0.1, -0.05) is 21.9 Å². The van der Waals surface area contributed by atoms with Gasteiger partial charge in [0.1, 0.15) is 23.0 Å². The summed E-state index contributed by atoms with van der Waals surface area (Å²) in [5.41, 5.74) is 1.40. The quantitative estimate of drug-likeness (QED) is 0.732. The van der Waals surface area contributed by atoms with E-state index in [1.807, 2.05) is 6.07 Å². The van der Waals surface area contributed by atoms with Crippen LogP contribution in [0.3, 0.4) is 0 Å². The molecule has 7 nitrogen and oxygen atoms in total. The molecule has 0 bridgehead atoms. The summed E-state index contributed by atoms with van der Waals surface area (Å²) in [7, 11) is 0. The second-order valence-electron chi connectivity index (χ2n) is 4.22. The van der Waals surface area contributed by atoms with Crippen molar-refractivity contribution in [1.29, 1.82) is 5.26 Å². The second kappa shape index (κ2) is 5.34. The maximum Gasteiger partial charge on any atom is 0.233 e. The molecule has 0 saturated heterocycles. The van der Waals surface area contributed by atoms with Crippen LogP contribution < -0.4 is 0 Å². The molecule has 3 rings (SSSR count). The Kier molecular flexibility index (Phi) is 3.38. The molecule has 0 spiro atoms. The molecule has 0 atom stereocenters. The van der Waals surface area contributed by atoms with E-state index >= 15 is 0 Å². The van der Waals surface area contributed by atoms with Gasteiger partial charge in [0.2, 0.25) is 11.7 Å². The minimum Gasteiger partial charge on any atom is -0.360 e. The first kappa shape index (κ1) is 13.3. The van der Waals surface area contributed by atoms with E-state index < -0.39 is 0 Å². The van der Waals surface area contributed by atoms with Crippen molar-refractivity contribution in [3.8, 4) is 17.6 Å². The summed E-state index contributed by atoms with van der Waals surface area (Å²) in [6.07, 6.45) is 1.72. The Hall–Kier alpha value is -2.72. The zero-order valence-electron chi connectivity index (χ0n) is 10.9. The fraction of sp³-hybridized carbons (Fsp3) is 0.154. The first-order valence-corrected chi connectivity index (χ1v) is 6.35. The predicted molar refractivity (Wildman–Crippen MR) is 71.3 cm³/mol. The van der Waals surface area contributed by atoms with Crippen molar-refractivity contribution < 1.29 is 9.05 Å². The van der Waals surface area contributed by atoms with Crippen LogP contribution in [0.15, 0.2) is 27.4 Å². The van der Waals surface area contributed by atoms with Crippen molar-refractivity contribution in [3.63, 3.8) is 0 Å². The van der Waals surface area contributed by atoms with Crippen LogP contribution in [0.2, 0.25) is 5.02 Å². The van der Waals surface area contributed by atoms with Crippen LogP contribution >= 0.6 is 11.6 Å². The number of pyridine rings is 1. The third-order valence-corrected chi connectivity index (χ3v) is 3.01. The van der Waals surface area contributed by atoms with E-state index in [-0.39, 0.29) is 6.42 Å². The fourth-order valence-corrected chi connectivity index (χ4v) is 1.88. The molecule has 0 amide bonds. The summed E-state index contributed by atoms with van der Waals surface area (Å²) >= 11 is 5.77. The average molecular weight is 302 g/mol. The van der Waals surface area contributed by atoms with Gasteiger partial charge in [0.25, 0.3) is 0 Å². The number of hydrogen-bond donors (Lipinski definition) is 0. The number of aromatic nitrogens is 4. The predicted octanol–water partition coefficient (Wildman–Crippen LogP) is 2.54. The third-order valence-electron chi connectivity index (χ3n) is 2.79. The number of hydrogen-bond acceptors (Lipinski definition) is 7. The molecule has 0 unspecified atom stereocenters. The van der Waals surface area contributed by atoms with Gasteiger partial charge in [-0.25, -0.2) is 0 Å². The third kappa shape index (κ3) is 2.61. The first-order valence-electron chi connectivity index (χ1n) is 5.97. The monoisotopic (exact) mass is 301 g/mol. The maximum atomic E-state index is 9.04. The van der Waals surface area contributed by atoms with Gasteiger partial charge in [0.05, 0.1) is 11.4 Å². The minimum atomic E-state index is 0.223. The highest BCUT2D eigenvalue weighted by Crippen LogP contribution is 2.18. The lowest BCUT2D eigenvalue weighted by atomic mass is 10.2. The van der Waals surface area contributed by atoms with Gasteiger partial charge in [0, 0.05) is 6.20 Å². The molecule has 3 aromatic rings. The SMILES string of the molecule is Cc1onc(Cc2nc(-c3ccc(Cl)cn3)no2)c1C#N. The van der Waals surface area contributed by atoms with Crippen LogP contribution in [0, 0.1) is 18.3 Å². The second-order valence-corrected chi connectivity index (χ2v) is 4.66. The Labute approximate surface area is 124 Å². The van der Waals surface area contributed by atoms with E-state index in [0.717, 1.165) is 0 Å². The zero-order valence-corrected chi connectivity index (χ0v) is 11.6. The Morgan fingerprint density at radius 3 is 2.86 bits per heavy atom. The van der Waals surface area contributed by atoms with Crippen LogP contribution in [-0.2, 0) is 6.42 Å². The molecule has 3 aromatic heterocycles. The van der Waals surface area contributed by atoms with Gasteiger partial charge < -0.3 is 9.05 Å². The number of rotatable bonds is 3. The lowest BCUT2D eigenvalue weighted by Crippen LogP contribution is -1.92. The van der Waals surface area contributed by atoms with Crippen molar-refractivity contribution in [2.45, 2.75) is 13.3 Å². The van der Waals surface area contributed by atoms with E-state index in [0.29, 0.717) is 39.4 Å². The van der Waals surface area contributed by atoms with Crippen LogP contribution in [0.5, 0.6) is 0 Å². The summed E-state index contributed by atoms with van der Waals surface area (Å²) in [5.74, 6) is 1.14. The van der Waals surface area contributed by atoms with Crippen molar-refractivity contribution in [2.75, 3.05) is 0 Å². The Morgan fingerprint density at radius 2 is 2.14 bits per heavy atom. The first-order chi connectivity index (χ1) is 10.2. The largest absolute Gasteiger partial charge is 0.360 e. The van der Waals surface area contributed by atoms with Gasteiger partial charge in [-0.05, 0) is 19.1 Å². The highest BCUT2D eigenvalue weighted by molar-refractivity contribution is 6.30. The highest BCUT2D eigenvalue weighted by atomic mass is 35.5. The summed E-state index contributed by atoms with van der Waals surface area (Å²) in [6.45, 7) is 1.67. The number of nitriles is 1. The summed E-state index contributed by atoms with van der Waals surface area (Å²) in [6, 6.07) is 5.42. The summed E-state index contributed by atoms with van der Waals surface area (Å²) < 4.78 is 10.1. The van der Waals surface area contributed by atoms with Gasteiger partial charge in [-0.3, -0.25) is 4.98 Å². The molecule has 0 aliphatic rings. The van der Waals surface area contributed by atoms with E-state index in [2.05, 4.69) is 20.3 Å². The van der Waals surface area contributed by atoms with Crippen LogP contribution in [0.25, 0.3) is 11.5 Å². The molecular weight excluding hydrogens is 294 g/mol. The smallest absolute Gasteiger partial charge is 0.233 e. The molecule has 0 radical (unpaired) electrons. The van der Waals surface area contributed by atoms with E-state index in [1.165, 1.54) is 6.20 Å². The molecule has 21 heavy (non-hydrogen) atoms. The molecule has 0 N–H and O–H groups in total. The lowest BCUT2D eigenvalue weighted by Gasteiger charge is -1.92. The average Bonchev–Trinajstić information content (AvgIpc) is 3.07. The summed E-state index contributed by atoms with van der Waals surface area (Å²) in [5, 5.41) is 17.2. The highest BCUT2D eigenvalue weighted by Gasteiger charge is 2.17. The lowest BCUT2D eigenvalue weighted by molar-refractivity contribution is 0.371. The topological polar surface area (TPSA) is 102 Å². The number of aryl methyl sites for hydroxylation is 1. The number of nitrogens with zero attached hydrogens (tertiary/aromatic N) is 5. The molecule has 0 saturated carbocycles. The Bertz CT molecular complexity index is 816. The van der Waals surface area contributed by atoms with Gasteiger partial charge in [-0.15, -0.1) is 0 Å². The minimum absolute atomic E-state index is 0.223. The maximum absolute atomic E-state index is 9.04. The fourth-order valence-electron chi connectivity index (χ4n) is 1.76. The van der Waals surface area contributed by atoms with Crippen LogP contribution in [0.4, 0.5) is 0 Å². The molecule has 0 aliphatic heterocycles. The Morgan fingerprint density at radius 1 is 1.29 bits per heavy atom. The zero-order chi connectivity index (χ0) is 14.8. The van der Waals surface area contributed by atoms with Crippen molar-refractivity contribution >= 4 is 11.6 Å². The molecule has 0 fully saturated rings. The normalized spacial score (nSPS) is 10.5. The van der Waals surface area contributed by atoms with Gasteiger partial charge in [0.15, 0.2) is 5.76 Å². The van der Waals surface area contributed by atoms with E-state index in [4.69, 9.17) is 25.9 Å². The Balaban J connectivity index is 1.85. The van der Waals surface area contributed by atoms with Crippen molar-refractivity contribution in [3.05, 3.63) is 46.3 Å². The standard InChI is InChI=1S/C13H8ClN5O2/c1-7-9(5-15)11(18-20-7)4-12-17-13(19-21-12)10-3-2-8(14)6-16-10/h2-3,6H,4H2,1H3. The van der Waals surface area contributed by atoms with E-state index in [1.54, 1.807) is 19.1 Å². The van der Waals surface area contributed by atoms with Crippen molar-refractivity contribution in [2.24, 2.45) is 0 Å². The molecule has 104 valence electrons. The summed E-state index contributed by atoms with van der Waals surface area (Å²) in [4.78, 5) is 8.32. The molecule has 3 heterocycles.